The molecule has 5 rings (SSSR count). The first kappa shape index (κ1) is 28.5. The monoisotopic (exact) mass is 550 g/mol. The molecule has 40 heavy (non-hydrogen) atoms. The van der Waals surface area contributed by atoms with Gasteiger partial charge in [0.05, 0.1) is 18.0 Å². The van der Waals surface area contributed by atoms with E-state index in [9.17, 15) is 9.90 Å². The van der Waals surface area contributed by atoms with Gasteiger partial charge in [-0.05, 0) is 119 Å². The van der Waals surface area contributed by atoms with Gasteiger partial charge in [0.25, 0.3) is 0 Å². The van der Waals surface area contributed by atoms with Gasteiger partial charge >= 0.3 is 5.97 Å². The Hall–Kier alpha value is -3.06. The van der Waals surface area contributed by atoms with Crippen LogP contribution in [0.15, 0.2) is 18.5 Å². The zero-order valence-electron chi connectivity index (χ0n) is 24.9. The number of carbonyl (C=O) groups is 1. The van der Waals surface area contributed by atoms with E-state index >= 15 is 4.39 Å². The van der Waals surface area contributed by atoms with Gasteiger partial charge in [-0.15, -0.1) is 0 Å². The van der Waals surface area contributed by atoms with Crippen LogP contribution in [-0.2, 0) is 29.0 Å². The number of piperidine rings is 1. The second kappa shape index (κ2) is 10.7. The van der Waals surface area contributed by atoms with Crippen LogP contribution in [0.2, 0.25) is 0 Å². The Balaban J connectivity index is 1.71. The Morgan fingerprint density at radius 3 is 2.27 bits per heavy atom. The van der Waals surface area contributed by atoms with Crippen LogP contribution in [-0.4, -0.2) is 46.2 Å². The quantitative estimate of drug-likeness (QED) is 0.420. The lowest BCUT2D eigenvalue weighted by Crippen LogP contribution is -2.35. The van der Waals surface area contributed by atoms with E-state index in [4.69, 9.17) is 9.47 Å². The summed E-state index contributed by atoms with van der Waals surface area (Å²) in [7, 11) is 0. The molecular weight excluding hydrogens is 507 g/mol. The molecule has 7 heteroatoms. The lowest BCUT2D eigenvalue weighted by atomic mass is 9.81. The Morgan fingerprint density at radius 1 is 1.00 bits per heavy atom. The highest BCUT2D eigenvalue weighted by Crippen LogP contribution is 2.47. The maximum atomic E-state index is 15.5. The van der Waals surface area contributed by atoms with E-state index in [1.54, 1.807) is 0 Å². The van der Waals surface area contributed by atoms with Crippen LogP contribution < -0.4 is 4.74 Å². The van der Waals surface area contributed by atoms with Gasteiger partial charge < -0.3 is 24.4 Å². The van der Waals surface area contributed by atoms with Crippen molar-refractivity contribution in [2.45, 2.75) is 98.4 Å². The number of carboxylic acid groups (broad SMARTS) is 1. The molecule has 0 radical (unpaired) electrons. The van der Waals surface area contributed by atoms with Crippen molar-refractivity contribution < 1.29 is 23.8 Å². The maximum absolute atomic E-state index is 15.5. The SMILES string of the molecule is C=C(N1CCCCC1)N1Cc2c(C)c(-c3cc(F)c4c(c3C)CCCO4)c([C@H](OC(C)(C)C)C(=O)O)c(C)c2C1. The zero-order chi connectivity index (χ0) is 28.9. The fourth-order valence-corrected chi connectivity index (χ4v) is 6.73. The van der Waals surface area contributed by atoms with Gasteiger partial charge in [-0.25, -0.2) is 9.18 Å². The Morgan fingerprint density at radius 2 is 1.65 bits per heavy atom. The molecule has 0 unspecified atom stereocenters. The molecule has 0 amide bonds. The minimum Gasteiger partial charge on any atom is -0.490 e. The summed E-state index contributed by atoms with van der Waals surface area (Å²) in [5.74, 6) is -0.103. The molecule has 0 aromatic heterocycles. The van der Waals surface area contributed by atoms with Crippen LogP contribution in [0.5, 0.6) is 5.75 Å². The number of rotatable bonds is 6. The first-order valence-corrected chi connectivity index (χ1v) is 14.6. The summed E-state index contributed by atoms with van der Waals surface area (Å²) in [5, 5.41) is 10.5. The third-order valence-electron chi connectivity index (χ3n) is 8.77. The third kappa shape index (κ3) is 5.09. The highest BCUT2D eigenvalue weighted by atomic mass is 19.1. The number of benzene rings is 2. The summed E-state index contributed by atoms with van der Waals surface area (Å²) in [4.78, 5) is 17.5. The average molecular weight is 551 g/mol. The van der Waals surface area contributed by atoms with Crippen LogP contribution in [0.4, 0.5) is 4.39 Å². The fraction of sp³-hybridized carbons (Fsp3) is 0.545. The van der Waals surface area contributed by atoms with Crippen molar-refractivity contribution in [2.75, 3.05) is 19.7 Å². The van der Waals surface area contributed by atoms with Gasteiger partial charge in [-0.3, -0.25) is 0 Å². The second-order valence-corrected chi connectivity index (χ2v) is 12.6. The number of carboxylic acids is 1. The van der Waals surface area contributed by atoms with Gasteiger partial charge in [0.15, 0.2) is 17.7 Å². The molecule has 3 aliphatic heterocycles. The normalized spacial score (nSPS) is 17.8. The number of fused-ring (bicyclic) bond motifs is 2. The molecule has 3 aliphatic rings. The number of halogens is 1. The number of aliphatic carboxylic acids is 1. The minimum atomic E-state index is -1.20. The van der Waals surface area contributed by atoms with Crippen molar-refractivity contribution in [1.82, 2.24) is 9.80 Å². The van der Waals surface area contributed by atoms with Crippen molar-refractivity contribution in [3.8, 4) is 16.9 Å². The Bertz CT molecular complexity index is 1350. The molecule has 0 spiro atoms. The molecule has 0 saturated carbocycles. The molecule has 0 bridgehead atoms. The maximum Gasteiger partial charge on any atom is 0.337 e. The molecule has 0 aliphatic carbocycles. The van der Waals surface area contributed by atoms with Crippen molar-refractivity contribution in [3.63, 3.8) is 0 Å². The highest BCUT2D eigenvalue weighted by Gasteiger charge is 2.37. The van der Waals surface area contributed by atoms with E-state index in [2.05, 4.69) is 16.4 Å². The van der Waals surface area contributed by atoms with Gasteiger partial charge in [0.1, 0.15) is 0 Å². The van der Waals surface area contributed by atoms with Crippen LogP contribution in [0.3, 0.4) is 0 Å². The molecule has 1 atom stereocenters. The standard InChI is InChI=1S/C33H43FN2O4/c1-19-23-12-11-15-39-30(23)27(34)16-24(19)28-20(2)25-17-36(22(4)35-13-9-8-10-14-35)18-26(25)21(3)29(28)31(32(37)38)40-33(5,6)7/h16,31H,4,8-15,17-18H2,1-3,5-7H3,(H,37,38)/t31-/m0/s1. The lowest BCUT2D eigenvalue weighted by Gasteiger charge is -2.35. The summed E-state index contributed by atoms with van der Waals surface area (Å²) < 4.78 is 27.5. The molecule has 1 saturated heterocycles. The third-order valence-corrected chi connectivity index (χ3v) is 8.77. The molecule has 2 aromatic rings. The van der Waals surface area contributed by atoms with Crippen LogP contribution in [0, 0.1) is 26.6 Å². The summed E-state index contributed by atoms with van der Waals surface area (Å²) in [6.45, 7) is 20.0. The van der Waals surface area contributed by atoms with Gasteiger partial charge in [0.2, 0.25) is 0 Å². The molecular formula is C33H43FN2O4. The van der Waals surface area contributed by atoms with Gasteiger partial charge in [-0.2, -0.15) is 0 Å². The predicted molar refractivity (Wildman–Crippen MR) is 155 cm³/mol. The highest BCUT2D eigenvalue weighted by molar-refractivity contribution is 5.86. The van der Waals surface area contributed by atoms with Gasteiger partial charge in [0, 0.05) is 37.3 Å². The number of ether oxygens (including phenoxy) is 2. The Labute approximate surface area is 237 Å². The topological polar surface area (TPSA) is 62.2 Å². The minimum absolute atomic E-state index is 0.328. The smallest absolute Gasteiger partial charge is 0.337 e. The lowest BCUT2D eigenvalue weighted by molar-refractivity contribution is -0.160. The summed E-state index contributed by atoms with van der Waals surface area (Å²) in [5.41, 5.74) is 7.38. The molecule has 6 nitrogen and oxygen atoms in total. The zero-order valence-corrected chi connectivity index (χ0v) is 24.9. The van der Waals surface area contributed by atoms with Crippen molar-refractivity contribution >= 4 is 5.97 Å². The summed E-state index contributed by atoms with van der Waals surface area (Å²) in [6.07, 6.45) is 3.94. The first-order chi connectivity index (χ1) is 18.9. The van der Waals surface area contributed by atoms with E-state index in [1.807, 2.05) is 41.5 Å². The number of nitrogens with zero attached hydrogens (tertiary/aromatic N) is 2. The molecule has 1 N–H and O–H groups in total. The van der Waals surface area contributed by atoms with E-state index in [1.165, 1.54) is 30.9 Å². The number of hydrogen-bond donors (Lipinski definition) is 1. The summed E-state index contributed by atoms with van der Waals surface area (Å²) >= 11 is 0. The predicted octanol–water partition coefficient (Wildman–Crippen LogP) is 6.96. The molecule has 216 valence electrons. The Kier molecular flexibility index (Phi) is 7.64. The number of likely N-dealkylation sites (tertiary alicyclic amines) is 1. The van der Waals surface area contributed by atoms with Crippen LogP contribution >= 0.6 is 0 Å². The average Bonchev–Trinajstić information content (AvgIpc) is 3.37. The second-order valence-electron chi connectivity index (χ2n) is 12.6. The van der Waals surface area contributed by atoms with Crippen molar-refractivity contribution in [1.29, 1.82) is 0 Å². The van der Waals surface area contributed by atoms with E-state index in [0.717, 1.165) is 70.7 Å². The van der Waals surface area contributed by atoms with Crippen LogP contribution in [0.25, 0.3) is 11.1 Å². The first-order valence-electron chi connectivity index (χ1n) is 14.6. The summed E-state index contributed by atoms with van der Waals surface area (Å²) in [6, 6.07) is 1.53. The van der Waals surface area contributed by atoms with E-state index in [-0.39, 0.29) is 0 Å². The fourth-order valence-electron chi connectivity index (χ4n) is 6.73. The molecule has 2 aromatic carbocycles. The molecule has 1 fully saturated rings. The van der Waals surface area contributed by atoms with Crippen LogP contribution in [0.1, 0.15) is 91.5 Å². The van der Waals surface area contributed by atoms with Gasteiger partial charge in [-0.1, -0.05) is 6.58 Å². The number of hydrogen-bond acceptors (Lipinski definition) is 5. The van der Waals surface area contributed by atoms with E-state index in [0.29, 0.717) is 31.0 Å². The van der Waals surface area contributed by atoms with E-state index < -0.39 is 23.5 Å². The van der Waals surface area contributed by atoms with Crippen molar-refractivity contribution in [2.24, 2.45) is 0 Å². The molecule has 3 heterocycles. The van der Waals surface area contributed by atoms with Crippen molar-refractivity contribution in [3.05, 3.63) is 63.2 Å². The largest absolute Gasteiger partial charge is 0.490 e.